The number of fused-ring (bicyclic) bond motifs is 1. The van der Waals surface area contributed by atoms with Gasteiger partial charge < -0.3 is 10.1 Å². The van der Waals surface area contributed by atoms with Crippen molar-refractivity contribution in [1.82, 2.24) is 4.90 Å². The molecule has 1 aliphatic heterocycles. The minimum absolute atomic E-state index is 0.0143. The third-order valence-corrected chi connectivity index (χ3v) is 6.03. The Bertz CT molecular complexity index is 824. The van der Waals surface area contributed by atoms with Gasteiger partial charge in [0.15, 0.2) is 6.61 Å². The van der Waals surface area contributed by atoms with Crippen LogP contribution in [0, 0.1) is 18.8 Å². The van der Waals surface area contributed by atoms with Crippen LogP contribution in [0.3, 0.4) is 0 Å². The minimum Gasteiger partial charge on any atom is -0.456 e. The van der Waals surface area contributed by atoms with Crippen molar-refractivity contribution >= 4 is 29.4 Å². The van der Waals surface area contributed by atoms with Gasteiger partial charge in [0.2, 0.25) is 11.8 Å². The average molecular weight is 415 g/mol. The highest BCUT2D eigenvalue weighted by Crippen LogP contribution is 2.38. The van der Waals surface area contributed by atoms with E-state index < -0.39 is 18.5 Å². The number of nitrogens with zero attached hydrogens (tertiary/aromatic N) is 1. The van der Waals surface area contributed by atoms with E-state index in [1.54, 1.807) is 0 Å². The first-order valence-corrected chi connectivity index (χ1v) is 10.7. The highest BCUT2D eigenvalue weighted by molar-refractivity contribution is 6.05. The van der Waals surface area contributed by atoms with Gasteiger partial charge in [-0.25, -0.2) is 0 Å². The lowest BCUT2D eigenvalue weighted by Gasteiger charge is -2.19. The van der Waals surface area contributed by atoms with Crippen molar-refractivity contribution in [3.05, 3.63) is 29.3 Å². The molecule has 0 unspecified atom stereocenters. The number of amides is 3. The monoisotopic (exact) mass is 414 g/mol. The van der Waals surface area contributed by atoms with Crippen LogP contribution < -0.4 is 5.32 Å². The van der Waals surface area contributed by atoms with Gasteiger partial charge in [-0.3, -0.25) is 24.1 Å². The molecule has 2 fully saturated rings. The summed E-state index contributed by atoms with van der Waals surface area (Å²) in [6.07, 6.45) is 3.31. The van der Waals surface area contributed by atoms with Crippen LogP contribution in [-0.2, 0) is 23.9 Å². The maximum Gasteiger partial charge on any atom is 0.308 e. The first-order valence-electron chi connectivity index (χ1n) is 10.7. The molecule has 1 heterocycles. The summed E-state index contributed by atoms with van der Waals surface area (Å²) in [4.78, 5) is 50.4. The molecule has 0 aromatic heterocycles. The standard InChI is InChI=1S/C23H30N2O5/c1-14(2)16-10-6-7-15(3)21(16)24-19(26)13-30-20(27)11-12-25-22(28)17-8-4-5-9-18(17)23(25)29/h6-7,10,14,17-18H,4-5,8-9,11-13H2,1-3H3,(H,24,26)/t17-,18+. The zero-order valence-electron chi connectivity index (χ0n) is 17.9. The number of esters is 1. The van der Waals surface area contributed by atoms with Gasteiger partial charge in [-0.2, -0.15) is 0 Å². The van der Waals surface area contributed by atoms with Crippen molar-refractivity contribution in [1.29, 1.82) is 0 Å². The van der Waals surface area contributed by atoms with Crippen LogP contribution in [-0.4, -0.2) is 41.7 Å². The lowest BCUT2D eigenvalue weighted by atomic mass is 9.81. The molecule has 1 N–H and O–H groups in total. The molecule has 1 aliphatic carbocycles. The van der Waals surface area contributed by atoms with Crippen LogP contribution in [0.5, 0.6) is 0 Å². The Kier molecular flexibility index (Phi) is 6.90. The molecule has 0 bridgehead atoms. The van der Waals surface area contributed by atoms with E-state index in [-0.39, 0.29) is 42.5 Å². The van der Waals surface area contributed by atoms with Gasteiger partial charge in [0.05, 0.1) is 18.3 Å². The third-order valence-electron chi connectivity index (χ3n) is 6.03. The smallest absolute Gasteiger partial charge is 0.308 e. The molecule has 0 spiro atoms. The molecule has 2 atom stereocenters. The van der Waals surface area contributed by atoms with E-state index in [0.29, 0.717) is 0 Å². The molecule has 1 aromatic rings. The summed E-state index contributed by atoms with van der Waals surface area (Å²) in [5.41, 5.74) is 2.69. The molecule has 3 amide bonds. The van der Waals surface area contributed by atoms with E-state index in [4.69, 9.17) is 4.74 Å². The van der Waals surface area contributed by atoms with E-state index in [9.17, 15) is 19.2 Å². The first-order chi connectivity index (χ1) is 14.3. The van der Waals surface area contributed by atoms with Crippen LogP contribution >= 0.6 is 0 Å². The summed E-state index contributed by atoms with van der Waals surface area (Å²) in [5.74, 6) is -1.57. The van der Waals surface area contributed by atoms with Crippen molar-refractivity contribution in [2.45, 2.75) is 58.8 Å². The Morgan fingerprint density at radius 1 is 1.13 bits per heavy atom. The molecular weight excluding hydrogens is 384 g/mol. The zero-order chi connectivity index (χ0) is 21.8. The van der Waals surface area contributed by atoms with E-state index in [2.05, 4.69) is 5.32 Å². The first kappa shape index (κ1) is 22.0. The molecule has 2 aliphatic rings. The van der Waals surface area contributed by atoms with Crippen LogP contribution in [0.4, 0.5) is 5.69 Å². The number of imide groups is 1. The number of hydrogen-bond donors (Lipinski definition) is 1. The lowest BCUT2D eigenvalue weighted by Crippen LogP contribution is -2.33. The van der Waals surface area contributed by atoms with Gasteiger partial charge in [-0.1, -0.05) is 44.9 Å². The van der Waals surface area contributed by atoms with Crippen LogP contribution in [0.25, 0.3) is 0 Å². The van der Waals surface area contributed by atoms with Crippen molar-refractivity contribution in [3.8, 4) is 0 Å². The molecule has 3 rings (SSSR count). The number of aryl methyl sites for hydroxylation is 1. The fraction of sp³-hybridized carbons (Fsp3) is 0.565. The van der Waals surface area contributed by atoms with Crippen molar-refractivity contribution in [3.63, 3.8) is 0 Å². The van der Waals surface area contributed by atoms with E-state index in [1.165, 1.54) is 4.90 Å². The Morgan fingerprint density at radius 3 is 2.37 bits per heavy atom. The number of ether oxygens (including phenoxy) is 1. The molecule has 0 radical (unpaired) electrons. The second-order valence-corrected chi connectivity index (χ2v) is 8.48. The number of para-hydroxylation sites is 1. The van der Waals surface area contributed by atoms with Crippen LogP contribution in [0.2, 0.25) is 0 Å². The number of carbonyl (C=O) groups excluding carboxylic acids is 4. The molecule has 1 saturated carbocycles. The summed E-state index contributed by atoms with van der Waals surface area (Å²) in [6, 6.07) is 5.81. The normalized spacial score (nSPS) is 21.0. The van der Waals surface area contributed by atoms with Crippen molar-refractivity contribution in [2.24, 2.45) is 11.8 Å². The average Bonchev–Trinajstić information content (AvgIpc) is 2.96. The summed E-state index contributed by atoms with van der Waals surface area (Å²) < 4.78 is 5.06. The Labute approximate surface area is 177 Å². The number of rotatable bonds is 7. The largest absolute Gasteiger partial charge is 0.456 e. The lowest BCUT2D eigenvalue weighted by molar-refractivity contribution is -0.148. The zero-order valence-corrected chi connectivity index (χ0v) is 17.9. The Balaban J connectivity index is 1.48. The van der Waals surface area contributed by atoms with E-state index >= 15 is 0 Å². The molecule has 1 saturated heterocycles. The van der Waals surface area contributed by atoms with Gasteiger partial charge in [0.1, 0.15) is 0 Å². The number of anilines is 1. The second kappa shape index (κ2) is 9.41. The predicted molar refractivity (Wildman–Crippen MR) is 112 cm³/mol. The fourth-order valence-electron chi connectivity index (χ4n) is 4.39. The quantitative estimate of drug-likeness (QED) is 0.546. The summed E-state index contributed by atoms with van der Waals surface area (Å²) in [5, 5.41) is 2.83. The van der Waals surface area contributed by atoms with E-state index in [1.807, 2.05) is 39.0 Å². The van der Waals surface area contributed by atoms with Gasteiger partial charge in [-0.05, 0) is 36.8 Å². The maximum atomic E-state index is 12.4. The molecule has 7 nitrogen and oxygen atoms in total. The number of likely N-dealkylation sites (tertiary alicyclic amines) is 1. The van der Waals surface area contributed by atoms with Gasteiger partial charge in [-0.15, -0.1) is 0 Å². The second-order valence-electron chi connectivity index (χ2n) is 8.48. The molecule has 162 valence electrons. The SMILES string of the molecule is Cc1cccc(C(C)C)c1NC(=O)COC(=O)CCN1C(=O)[C@H]2CCCC[C@H]2C1=O. The Morgan fingerprint density at radius 2 is 1.77 bits per heavy atom. The van der Waals surface area contributed by atoms with Crippen LogP contribution in [0.1, 0.15) is 63.0 Å². The molecule has 1 aromatic carbocycles. The number of carbonyl (C=O) groups is 4. The highest BCUT2D eigenvalue weighted by atomic mass is 16.5. The van der Waals surface area contributed by atoms with Crippen LogP contribution in [0.15, 0.2) is 18.2 Å². The Hall–Kier alpha value is -2.70. The number of nitrogens with one attached hydrogen (secondary N) is 1. The summed E-state index contributed by atoms with van der Waals surface area (Å²) in [6.45, 7) is 5.61. The topological polar surface area (TPSA) is 92.8 Å². The molecule has 7 heteroatoms. The molecular formula is C23H30N2O5. The van der Waals surface area contributed by atoms with Crippen molar-refractivity contribution in [2.75, 3.05) is 18.5 Å². The fourth-order valence-corrected chi connectivity index (χ4v) is 4.39. The maximum absolute atomic E-state index is 12.4. The van der Waals surface area contributed by atoms with E-state index in [0.717, 1.165) is 42.5 Å². The summed E-state index contributed by atoms with van der Waals surface area (Å²) >= 11 is 0. The molecule has 30 heavy (non-hydrogen) atoms. The highest BCUT2D eigenvalue weighted by Gasteiger charge is 2.47. The number of benzene rings is 1. The predicted octanol–water partition coefficient (Wildman–Crippen LogP) is 3.17. The van der Waals surface area contributed by atoms with Gasteiger partial charge in [0, 0.05) is 12.2 Å². The van der Waals surface area contributed by atoms with Gasteiger partial charge in [0.25, 0.3) is 5.91 Å². The minimum atomic E-state index is -0.602. The summed E-state index contributed by atoms with van der Waals surface area (Å²) in [7, 11) is 0. The van der Waals surface area contributed by atoms with Gasteiger partial charge >= 0.3 is 5.97 Å². The number of hydrogen-bond acceptors (Lipinski definition) is 5. The third kappa shape index (κ3) is 4.71. The van der Waals surface area contributed by atoms with Crippen molar-refractivity contribution < 1.29 is 23.9 Å².